The van der Waals surface area contributed by atoms with Crippen LogP contribution in [-0.2, 0) is 0 Å². The highest BCUT2D eigenvalue weighted by Gasteiger charge is 2.26. The molecule has 0 aliphatic carbocycles. The molecule has 14 aromatic carbocycles. The molecule has 15 aromatic rings. The van der Waals surface area contributed by atoms with Gasteiger partial charge >= 0.3 is 7.12 Å². The molecule has 0 atom stereocenters. The van der Waals surface area contributed by atoms with Gasteiger partial charge in [0.25, 0.3) is 0 Å². The zero-order chi connectivity index (χ0) is 52.1. The Morgan fingerprint density at radius 2 is 0.603 bits per heavy atom. The minimum atomic E-state index is -1.40. The van der Waals surface area contributed by atoms with Gasteiger partial charge in [-0.2, -0.15) is 0 Å². The minimum absolute atomic E-state index is 0.554. The second kappa shape index (κ2) is 19.9. The molecule has 1 heterocycles. The number of hydrogen-bond acceptors (Lipinski definition) is 3. The third kappa shape index (κ3) is 8.05. The van der Waals surface area contributed by atoms with Crippen LogP contribution in [0.1, 0.15) is 0 Å². The van der Waals surface area contributed by atoms with Crippen LogP contribution in [0.15, 0.2) is 285 Å². The van der Waals surface area contributed by atoms with E-state index in [1.54, 1.807) is 6.07 Å². The normalized spacial score (nSPS) is 11.5. The lowest BCUT2D eigenvalue weighted by Gasteiger charge is -2.20. The molecule has 0 unspecified atom stereocenters. The quantitative estimate of drug-likeness (QED) is 0.123. The van der Waals surface area contributed by atoms with Crippen molar-refractivity contribution < 1.29 is 10.0 Å². The van der Waals surface area contributed by atoms with Crippen molar-refractivity contribution in [3.63, 3.8) is 0 Å². The van der Waals surface area contributed by atoms with Crippen LogP contribution in [0.5, 0.6) is 0 Å². The molecule has 4 heteroatoms. The highest BCUT2D eigenvalue weighted by molar-refractivity contribution is 7.24. The molecule has 366 valence electrons. The predicted octanol–water partition coefficient (Wildman–Crippen LogP) is 19.2. The van der Waals surface area contributed by atoms with E-state index in [2.05, 4.69) is 243 Å². The standard InChI is InChI=1S/C64H40S.C10H9BO2/c1-3-21-43(22-4-1)59-58(52-31-13-16-34-55(52)62-60(44-23-5-2-6-24-44)63(65-64(59)62)56-36-18-26-42-20-8-10-28-48(42)56)46-39-37-45(38-40-46)57-50-29-11-14-32-53(50)61(54-33-15-12-30-51(54)57)49-35-17-25-41-19-7-9-27-47(41)49;12-11(13)10-7-3-5-8-4-1-2-6-9(8)10/h1-40H;1-7,12-13H. The van der Waals surface area contributed by atoms with Crippen LogP contribution in [-0.4, -0.2) is 17.2 Å². The van der Waals surface area contributed by atoms with E-state index in [0.29, 0.717) is 5.46 Å². The summed E-state index contributed by atoms with van der Waals surface area (Å²) in [5.41, 5.74) is 14.3. The first-order valence-electron chi connectivity index (χ1n) is 26.6. The van der Waals surface area contributed by atoms with Crippen LogP contribution in [0.3, 0.4) is 0 Å². The molecule has 0 spiro atoms. The van der Waals surface area contributed by atoms with E-state index >= 15 is 0 Å². The number of rotatable bonds is 7. The molecule has 0 saturated heterocycles. The topological polar surface area (TPSA) is 40.5 Å². The molecule has 78 heavy (non-hydrogen) atoms. The first kappa shape index (κ1) is 47.1. The molecule has 0 radical (unpaired) electrons. The van der Waals surface area contributed by atoms with Crippen molar-refractivity contribution in [2.45, 2.75) is 0 Å². The van der Waals surface area contributed by atoms with Crippen molar-refractivity contribution in [3.8, 4) is 66.1 Å². The maximum atomic E-state index is 9.08. The van der Waals surface area contributed by atoms with Crippen LogP contribution in [0.2, 0.25) is 0 Å². The summed E-state index contributed by atoms with van der Waals surface area (Å²) >= 11 is 1.93. The van der Waals surface area contributed by atoms with Gasteiger partial charge in [-0.05, 0) is 115 Å². The largest absolute Gasteiger partial charge is 0.489 e. The van der Waals surface area contributed by atoms with Crippen molar-refractivity contribution in [1.29, 1.82) is 0 Å². The van der Waals surface area contributed by atoms with Gasteiger partial charge in [-0.3, -0.25) is 0 Å². The molecule has 0 bridgehead atoms. The molecule has 0 aliphatic heterocycles. The maximum absolute atomic E-state index is 9.08. The summed E-state index contributed by atoms with van der Waals surface area (Å²) in [6.45, 7) is 0. The van der Waals surface area contributed by atoms with Gasteiger partial charge in [0.2, 0.25) is 0 Å². The zero-order valence-electron chi connectivity index (χ0n) is 42.5. The lowest BCUT2D eigenvalue weighted by molar-refractivity contribution is 0.426. The molecule has 2 nitrogen and oxygen atoms in total. The third-order valence-electron chi connectivity index (χ3n) is 15.6. The fourth-order valence-electron chi connectivity index (χ4n) is 12.2. The van der Waals surface area contributed by atoms with Crippen molar-refractivity contribution in [3.05, 3.63) is 285 Å². The second-order valence-electron chi connectivity index (χ2n) is 20.0. The van der Waals surface area contributed by atoms with Gasteiger partial charge in [-0.1, -0.05) is 285 Å². The highest BCUT2D eigenvalue weighted by atomic mass is 32.1. The molecule has 15 rings (SSSR count). The first-order chi connectivity index (χ1) is 38.6. The van der Waals surface area contributed by atoms with E-state index in [0.717, 1.165) is 10.8 Å². The number of benzene rings is 14. The molecule has 0 amide bonds. The van der Waals surface area contributed by atoms with Gasteiger partial charge in [0, 0.05) is 31.7 Å². The average Bonchev–Trinajstić information content (AvgIpc) is 4.05. The summed E-state index contributed by atoms with van der Waals surface area (Å²) in [6.07, 6.45) is 0. The van der Waals surface area contributed by atoms with Crippen molar-refractivity contribution in [1.82, 2.24) is 0 Å². The highest BCUT2D eigenvalue weighted by Crippen LogP contribution is 2.55. The first-order valence-corrected chi connectivity index (χ1v) is 27.4. The number of hydrogen-bond donors (Lipinski definition) is 2. The average molecular weight is 1010 g/mol. The van der Waals surface area contributed by atoms with Crippen LogP contribution in [0.4, 0.5) is 0 Å². The fraction of sp³-hybridized carbons (Fsp3) is 0. The zero-order valence-corrected chi connectivity index (χ0v) is 43.3. The Morgan fingerprint density at radius 1 is 0.244 bits per heavy atom. The summed E-state index contributed by atoms with van der Waals surface area (Å²) in [7, 11) is -1.40. The minimum Gasteiger partial charge on any atom is -0.423 e. The summed E-state index contributed by atoms with van der Waals surface area (Å²) in [4.78, 5) is 1.29. The second-order valence-corrected chi connectivity index (χ2v) is 21.0. The Morgan fingerprint density at radius 3 is 1.14 bits per heavy atom. The molecular formula is C74H49BO2S. The number of thiophene rings is 1. The van der Waals surface area contributed by atoms with E-state index in [-0.39, 0.29) is 0 Å². The Hall–Kier alpha value is -9.42. The van der Waals surface area contributed by atoms with Crippen LogP contribution >= 0.6 is 11.3 Å². The predicted molar refractivity (Wildman–Crippen MR) is 336 cm³/mol. The van der Waals surface area contributed by atoms with E-state index in [4.69, 9.17) is 10.0 Å². The van der Waals surface area contributed by atoms with Crippen LogP contribution in [0, 0.1) is 0 Å². The molecule has 1 aromatic heterocycles. The van der Waals surface area contributed by atoms with Gasteiger partial charge in [0.15, 0.2) is 0 Å². The van der Waals surface area contributed by atoms with Gasteiger partial charge < -0.3 is 10.0 Å². The Kier molecular flexibility index (Phi) is 12.0. The van der Waals surface area contributed by atoms with Crippen molar-refractivity contribution in [2.75, 3.05) is 0 Å². The molecule has 2 N–H and O–H groups in total. The van der Waals surface area contributed by atoms with Gasteiger partial charge in [-0.15, -0.1) is 11.3 Å². The van der Waals surface area contributed by atoms with Crippen LogP contribution in [0.25, 0.3) is 141 Å². The van der Waals surface area contributed by atoms with Crippen molar-refractivity contribution in [2.24, 2.45) is 0 Å². The SMILES string of the molecule is OB(O)c1cccc2ccccc12.c1ccc(-c2c(-c3ccc(-c4c5ccccc5c(-c5cccc6ccccc56)c5ccccc45)cc3)c3ccccc3c3c(-c4ccccc4)c(-c4cccc5ccccc45)sc23)cc1. The van der Waals surface area contributed by atoms with E-state index in [9.17, 15) is 0 Å². The lowest BCUT2D eigenvalue weighted by atomic mass is 9.77. The summed E-state index contributed by atoms with van der Waals surface area (Å²) in [6, 6.07) is 103. The summed E-state index contributed by atoms with van der Waals surface area (Å²) in [5, 5.41) is 34.0. The Balaban J connectivity index is 0.000000372. The smallest absolute Gasteiger partial charge is 0.423 e. The van der Waals surface area contributed by atoms with Gasteiger partial charge in [-0.25, -0.2) is 0 Å². The number of fused-ring (bicyclic) bond motifs is 8. The van der Waals surface area contributed by atoms with Crippen LogP contribution < -0.4 is 5.46 Å². The third-order valence-corrected chi connectivity index (χ3v) is 16.8. The van der Waals surface area contributed by atoms with E-state index < -0.39 is 7.12 Å². The lowest BCUT2D eigenvalue weighted by Crippen LogP contribution is -2.30. The molecular weight excluding hydrogens is 964 g/mol. The van der Waals surface area contributed by atoms with Gasteiger partial charge in [0.05, 0.1) is 0 Å². The maximum Gasteiger partial charge on any atom is 0.489 e. The Bertz CT molecular complexity index is 4680. The summed E-state index contributed by atoms with van der Waals surface area (Å²) in [5.74, 6) is 0. The van der Waals surface area contributed by atoms with E-state index in [1.807, 2.05) is 47.7 Å². The summed E-state index contributed by atoms with van der Waals surface area (Å²) < 4.78 is 1.30. The van der Waals surface area contributed by atoms with Gasteiger partial charge in [0.1, 0.15) is 0 Å². The molecule has 0 saturated carbocycles. The molecule has 0 fully saturated rings. The van der Waals surface area contributed by atoms with Crippen molar-refractivity contribution >= 4 is 98.6 Å². The monoisotopic (exact) mass is 1010 g/mol. The fourth-order valence-corrected chi connectivity index (χ4v) is 13.6. The van der Waals surface area contributed by atoms with E-state index in [1.165, 1.54) is 130 Å². The molecule has 0 aliphatic rings. The Labute approximate surface area is 457 Å².